The van der Waals surface area contributed by atoms with Gasteiger partial charge in [-0.2, -0.15) is 0 Å². The van der Waals surface area contributed by atoms with E-state index in [1.165, 1.54) is 0 Å². The van der Waals surface area contributed by atoms with Crippen LogP contribution in [0.5, 0.6) is 0 Å². The number of nitrogens with two attached hydrogens (primary N) is 1. The molecule has 1 aliphatic rings. The van der Waals surface area contributed by atoms with E-state index < -0.39 is 0 Å². The van der Waals surface area contributed by atoms with Gasteiger partial charge in [0.1, 0.15) is 0 Å². The minimum Gasteiger partial charge on any atom is -0.381 e. The molecule has 1 fully saturated rings. The average molecular weight is 303 g/mol. The lowest BCUT2D eigenvalue weighted by molar-refractivity contribution is 0.0280. The average Bonchev–Trinajstić information content (AvgIpc) is 2.39. The highest BCUT2D eigenvalue weighted by molar-refractivity contribution is 6.34. The fourth-order valence-corrected chi connectivity index (χ4v) is 3.23. The summed E-state index contributed by atoms with van der Waals surface area (Å²) in [5, 5.41) is 1.32. The number of piperidine rings is 1. The molecule has 1 unspecified atom stereocenters. The van der Waals surface area contributed by atoms with Gasteiger partial charge in [0.2, 0.25) is 0 Å². The van der Waals surface area contributed by atoms with Crippen LogP contribution in [0.2, 0.25) is 10.0 Å². The Bertz CT molecular complexity index is 400. The molecule has 1 atom stereocenters. The molecule has 0 saturated carbocycles. The third-order valence-electron chi connectivity index (χ3n) is 3.74. The third-order valence-corrected chi connectivity index (χ3v) is 4.18. The van der Waals surface area contributed by atoms with Gasteiger partial charge in [-0.05, 0) is 36.6 Å². The van der Waals surface area contributed by atoms with E-state index in [9.17, 15) is 0 Å². The van der Waals surface area contributed by atoms with Gasteiger partial charge < -0.3 is 10.5 Å². The Morgan fingerprint density at radius 2 is 1.84 bits per heavy atom. The van der Waals surface area contributed by atoms with E-state index in [1.807, 2.05) is 12.1 Å². The number of hydrogen-bond donors (Lipinski definition) is 1. The van der Waals surface area contributed by atoms with E-state index in [-0.39, 0.29) is 6.04 Å². The number of likely N-dealkylation sites (tertiary alicyclic amines) is 1. The maximum atomic E-state index is 6.07. The molecule has 5 heteroatoms. The first-order valence-corrected chi connectivity index (χ1v) is 7.32. The van der Waals surface area contributed by atoms with Gasteiger partial charge in [0, 0.05) is 42.8 Å². The SMILES string of the molecule is COC1CCN(C(CN)c2cc(Cl)cc(Cl)c2)CC1. The highest BCUT2D eigenvalue weighted by Gasteiger charge is 2.25. The predicted octanol–water partition coefficient (Wildman–Crippen LogP) is 3.10. The Morgan fingerprint density at radius 3 is 2.32 bits per heavy atom. The van der Waals surface area contributed by atoms with Crippen molar-refractivity contribution < 1.29 is 4.74 Å². The van der Waals surface area contributed by atoms with E-state index in [2.05, 4.69) is 4.90 Å². The van der Waals surface area contributed by atoms with Crippen molar-refractivity contribution in [1.29, 1.82) is 0 Å². The lowest BCUT2D eigenvalue weighted by atomic mass is 10.0. The van der Waals surface area contributed by atoms with E-state index >= 15 is 0 Å². The van der Waals surface area contributed by atoms with Crippen molar-refractivity contribution in [3.8, 4) is 0 Å². The Hall–Kier alpha value is -0.320. The topological polar surface area (TPSA) is 38.5 Å². The maximum absolute atomic E-state index is 6.07. The summed E-state index contributed by atoms with van der Waals surface area (Å²) < 4.78 is 5.40. The van der Waals surface area contributed by atoms with Crippen molar-refractivity contribution in [1.82, 2.24) is 4.90 Å². The normalized spacial score (nSPS) is 19.6. The number of hydrogen-bond acceptors (Lipinski definition) is 3. The molecule has 0 amide bonds. The molecule has 2 rings (SSSR count). The van der Waals surface area contributed by atoms with Crippen LogP contribution in [0, 0.1) is 0 Å². The molecule has 19 heavy (non-hydrogen) atoms. The van der Waals surface area contributed by atoms with E-state index in [4.69, 9.17) is 33.7 Å². The van der Waals surface area contributed by atoms with Crippen molar-refractivity contribution in [2.24, 2.45) is 5.73 Å². The fraction of sp³-hybridized carbons (Fsp3) is 0.571. The summed E-state index contributed by atoms with van der Waals surface area (Å²) in [5.41, 5.74) is 7.04. The van der Waals surface area contributed by atoms with Gasteiger partial charge in [0.15, 0.2) is 0 Å². The zero-order chi connectivity index (χ0) is 13.8. The number of nitrogens with zero attached hydrogens (tertiary/aromatic N) is 1. The summed E-state index contributed by atoms with van der Waals surface area (Å²) in [7, 11) is 1.78. The first kappa shape index (κ1) is 15.1. The van der Waals surface area contributed by atoms with Gasteiger partial charge >= 0.3 is 0 Å². The molecule has 1 aromatic rings. The zero-order valence-electron chi connectivity index (χ0n) is 11.1. The number of benzene rings is 1. The molecule has 2 N–H and O–H groups in total. The Morgan fingerprint density at radius 1 is 1.26 bits per heavy atom. The molecule has 0 aromatic heterocycles. The Labute approximate surface area is 124 Å². The van der Waals surface area contributed by atoms with E-state index in [0.717, 1.165) is 31.5 Å². The van der Waals surface area contributed by atoms with Crippen LogP contribution in [0.15, 0.2) is 18.2 Å². The molecule has 0 spiro atoms. The molecule has 0 radical (unpaired) electrons. The molecule has 1 aromatic carbocycles. The number of methoxy groups -OCH3 is 1. The second-order valence-corrected chi connectivity index (χ2v) is 5.80. The van der Waals surface area contributed by atoms with E-state index in [1.54, 1.807) is 13.2 Å². The second-order valence-electron chi connectivity index (χ2n) is 4.93. The predicted molar refractivity (Wildman–Crippen MR) is 79.9 cm³/mol. The monoisotopic (exact) mass is 302 g/mol. The molecule has 0 bridgehead atoms. The number of halogens is 2. The summed E-state index contributed by atoms with van der Waals surface area (Å²) in [6.07, 6.45) is 2.46. The molecule has 1 heterocycles. The second kappa shape index (κ2) is 6.91. The van der Waals surface area contributed by atoms with Crippen molar-refractivity contribution >= 4 is 23.2 Å². The van der Waals surface area contributed by atoms with Gasteiger partial charge in [-0.25, -0.2) is 0 Å². The lowest BCUT2D eigenvalue weighted by Crippen LogP contribution is -2.41. The minimum atomic E-state index is 0.175. The minimum absolute atomic E-state index is 0.175. The first-order valence-electron chi connectivity index (χ1n) is 6.57. The Kier molecular flexibility index (Phi) is 5.48. The van der Waals surface area contributed by atoms with Crippen LogP contribution in [0.3, 0.4) is 0 Å². The highest BCUT2D eigenvalue weighted by Crippen LogP contribution is 2.29. The van der Waals surface area contributed by atoms with E-state index in [0.29, 0.717) is 22.7 Å². The molecule has 3 nitrogen and oxygen atoms in total. The first-order chi connectivity index (χ1) is 9.13. The number of rotatable bonds is 4. The van der Waals surface area contributed by atoms with Gasteiger partial charge in [-0.15, -0.1) is 0 Å². The summed E-state index contributed by atoms with van der Waals surface area (Å²) in [4.78, 5) is 2.39. The van der Waals surface area contributed by atoms with Crippen molar-refractivity contribution in [3.63, 3.8) is 0 Å². The highest BCUT2D eigenvalue weighted by atomic mass is 35.5. The summed E-state index contributed by atoms with van der Waals surface area (Å²) in [6, 6.07) is 5.83. The molecule has 0 aliphatic carbocycles. The van der Waals surface area contributed by atoms with Crippen LogP contribution in [-0.4, -0.2) is 37.7 Å². The molecular weight excluding hydrogens is 283 g/mol. The molecule has 106 valence electrons. The third kappa shape index (κ3) is 3.83. The Balaban J connectivity index is 2.11. The summed E-state index contributed by atoms with van der Waals surface area (Å²) >= 11 is 12.1. The quantitative estimate of drug-likeness (QED) is 0.929. The van der Waals surface area contributed by atoms with Crippen LogP contribution in [-0.2, 0) is 4.74 Å². The fourth-order valence-electron chi connectivity index (χ4n) is 2.69. The van der Waals surface area contributed by atoms with Crippen LogP contribution < -0.4 is 5.73 Å². The molecule has 1 saturated heterocycles. The molecule has 1 aliphatic heterocycles. The molecular formula is C14H20Cl2N2O. The standard InChI is InChI=1S/C14H20Cl2N2O/c1-19-13-2-4-18(5-3-13)14(9-17)10-6-11(15)8-12(16)7-10/h6-8,13-14H,2-5,9,17H2,1H3. The van der Waals surface area contributed by atoms with Crippen LogP contribution in [0.1, 0.15) is 24.4 Å². The summed E-state index contributed by atoms with van der Waals surface area (Å²) in [6.45, 7) is 2.54. The van der Waals surface area contributed by atoms with Crippen LogP contribution in [0.25, 0.3) is 0 Å². The van der Waals surface area contributed by atoms with Crippen molar-refractivity contribution in [2.75, 3.05) is 26.7 Å². The lowest BCUT2D eigenvalue weighted by Gasteiger charge is -2.37. The number of ether oxygens (including phenoxy) is 1. The van der Waals surface area contributed by atoms with Crippen LogP contribution in [0.4, 0.5) is 0 Å². The smallest absolute Gasteiger partial charge is 0.0595 e. The van der Waals surface area contributed by atoms with Crippen LogP contribution >= 0.6 is 23.2 Å². The van der Waals surface area contributed by atoms with Crippen molar-refractivity contribution in [3.05, 3.63) is 33.8 Å². The van der Waals surface area contributed by atoms with Crippen molar-refractivity contribution in [2.45, 2.75) is 25.0 Å². The van der Waals surface area contributed by atoms with Gasteiger partial charge in [0.05, 0.1) is 6.10 Å². The maximum Gasteiger partial charge on any atom is 0.0595 e. The summed E-state index contributed by atoms with van der Waals surface area (Å²) in [5.74, 6) is 0. The zero-order valence-corrected chi connectivity index (χ0v) is 12.6. The largest absolute Gasteiger partial charge is 0.381 e. The van der Waals surface area contributed by atoms with Gasteiger partial charge in [-0.1, -0.05) is 23.2 Å². The van der Waals surface area contributed by atoms with Gasteiger partial charge in [-0.3, -0.25) is 4.90 Å². The van der Waals surface area contributed by atoms with Gasteiger partial charge in [0.25, 0.3) is 0 Å².